The van der Waals surface area contributed by atoms with Crippen LogP contribution in [0.4, 0.5) is 5.69 Å². The summed E-state index contributed by atoms with van der Waals surface area (Å²) >= 11 is 0. The normalized spacial score (nSPS) is 23.9. The highest BCUT2D eigenvalue weighted by molar-refractivity contribution is 6.15. The topological polar surface area (TPSA) is 177 Å². The van der Waals surface area contributed by atoms with Crippen LogP contribution in [0, 0.1) is 11.8 Å². The van der Waals surface area contributed by atoms with Gasteiger partial charge in [-0.05, 0) is 65.3 Å². The number of aliphatic hydroxyl groups excluding tert-OH is 2. The number of aromatic hydroxyl groups is 1. The SMILES string of the molecule is CN(C)c1cc(CNC(C)(C)C)c(O)c2c1C[C@H]1C[C@@H](C(CO)N(C)C)[C@@](O)(C(=O)CC(N)=O)C(O)=C1C2=O. The molecule has 1 aromatic rings. The monoisotopic (exact) mass is 546 g/mol. The lowest BCUT2D eigenvalue weighted by Crippen LogP contribution is -2.60. The van der Waals surface area contributed by atoms with Gasteiger partial charge in [-0.1, -0.05) is 0 Å². The number of primary amides is 1. The van der Waals surface area contributed by atoms with Crippen LogP contribution in [0.1, 0.15) is 55.1 Å². The highest BCUT2D eigenvalue weighted by atomic mass is 16.3. The minimum absolute atomic E-state index is 0.0131. The van der Waals surface area contributed by atoms with Gasteiger partial charge in [0, 0.05) is 55.0 Å². The predicted molar refractivity (Wildman–Crippen MR) is 147 cm³/mol. The minimum atomic E-state index is -2.63. The molecule has 1 unspecified atom stereocenters. The van der Waals surface area contributed by atoms with Crippen LogP contribution in [0.25, 0.3) is 0 Å². The Labute approximate surface area is 229 Å². The summed E-state index contributed by atoms with van der Waals surface area (Å²) < 4.78 is 0. The zero-order chi connectivity index (χ0) is 29.6. The number of phenols is 1. The number of hydrogen-bond donors (Lipinski definition) is 6. The first-order chi connectivity index (χ1) is 17.9. The second-order valence-corrected chi connectivity index (χ2v) is 12.1. The molecular weight excluding hydrogens is 504 g/mol. The number of ketones is 2. The molecule has 0 fully saturated rings. The Balaban J connectivity index is 2.27. The van der Waals surface area contributed by atoms with E-state index in [1.165, 1.54) is 0 Å². The number of phenolic OH excluding ortho intramolecular Hbond substituents is 1. The Morgan fingerprint density at radius 3 is 2.31 bits per heavy atom. The van der Waals surface area contributed by atoms with Gasteiger partial charge >= 0.3 is 0 Å². The fourth-order valence-corrected chi connectivity index (χ4v) is 5.84. The maximum atomic E-state index is 14.0. The van der Waals surface area contributed by atoms with Crippen molar-refractivity contribution >= 4 is 23.2 Å². The maximum absolute atomic E-state index is 14.0. The van der Waals surface area contributed by atoms with E-state index >= 15 is 0 Å². The van der Waals surface area contributed by atoms with Crippen molar-refractivity contribution in [1.82, 2.24) is 10.2 Å². The average Bonchev–Trinajstić information content (AvgIpc) is 2.80. The molecule has 11 nitrogen and oxygen atoms in total. The smallest absolute Gasteiger partial charge is 0.225 e. The van der Waals surface area contributed by atoms with Crippen molar-refractivity contribution in [2.75, 3.05) is 39.7 Å². The van der Waals surface area contributed by atoms with E-state index in [-0.39, 0.29) is 41.8 Å². The molecule has 11 heteroatoms. The highest BCUT2D eigenvalue weighted by Crippen LogP contribution is 2.51. The van der Waals surface area contributed by atoms with Crippen LogP contribution in [-0.2, 0) is 22.6 Å². The number of carbonyl (C=O) groups is 3. The lowest BCUT2D eigenvalue weighted by atomic mass is 9.61. The third-order valence-corrected chi connectivity index (χ3v) is 7.85. The van der Waals surface area contributed by atoms with Crippen molar-refractivity contribution in [2.24, 2.45) is 17.6 Å². The Morgan fingerprint density at radius 1 is 1.21 bits per heavy atom. The van der Waals surface area contributed by atoms with E-state index in [0.29, 0.717) is 11.1 Å². The molecule has 216 valence electrons. The van der Waals surface area contributed by atoms with Crippen molar-refractivity contribution in [1.29, 1.82) is 0 Å². The molecule has 2 aliphatic carbocycles. The van der Waals surface area contributed by atoms with Crippen molar-refractivity contribution < 1.29 is 34.8 Å². The lowest BCUT2D eigenvalue weighted by Gasteiger charge is -2.47. The van der Waals surface area contributed by atoms with E-state index in [2.05, 4.69) is 5.32 Å². The van der Waals surface area contributed by atoms with Crippen molar-refractivity contribution in [2.45, 2.75) is 63.8 Å². The molecular formula is C28H42N4O7. The fraction of sp³-hybridized carbons (Fsp3) is 0.607. The Kier molecular flexibility index (Phi) is 8.52. The molecule has 39 heavy (non-hydrogen) atoms. The first kappa shape index (κ1) is 30.6. The van der Waals surface area contributed by atoms with Gasteiger partial charge in [0.15, 0.2) is 17.2 Å². The third kappa shape index (κ3) is 5.54. The molecule has 0 saturated heterocycles. The molecule has 0 heterocycles. The van der Waals surface area contributed by atoms with Crippen molar-refractivity contribution in [3.63, 3.8) is 0 Å². The summed E-state index contributed by atoms with van der Waals surface area (Å²) in [5, 5.41) is 48.0. The second kappa shape index (κ2) is 10.9. The summed E-state index contributed by atoms with van der Waals surface area (Å²) in [6.45, 7) is 5.75. The van der Waals surface area contributed by atoms with Gasteiger partial charge in [0.2, 0.25) is 5.91 Å². The third-order valence-electron chi connectivity index (χ3n) is 7.85. The average molecular weight is 547 g/mol. The van der Waals surface area contributed by atoms with Crippen molar-refractivity contribution in [3.8, 4) is 5.75 Å². The Hall–Kier alpha value is -2.99. The van der Waals surface area contributed by atoms with Crippen molar-refractivity contribution in [3.05, 3.63) is 34.1 Å². The minimum Gasteiger partial charge on any atom is -0.508 e. The van der Waals surface area contributed by atoms with E-state index in [0.717, 1.165) is 5.69 Å². The number of nitrogens with zero attached hydrogens (tertiary/aromatic N) is 2. The number of benzene rings is 1. The van der Waals surface area contributed by atoms with E-state index in [1.54, 1.807) is 19.0 Å². The number of fused-ring (bicyclic) bond motifs is 2. The largest absolute Gasteiger partial charge is 0.508 e. The Morgan fingerprint density at radius 2 is 1.82 bits per heavy atom. The van der Waals surface area contributed by atoms with Crippen LogP contribution in [-0.4, -0.2) is 94.8 Å². The number of aliphatic hydroxyl groups is 3. The number of allylic oxidation sites excluding steroid dienone is 1. The molecule has 0 spiro atoms. The second-order valence-electron chi connectivity index (χ2n) is 12.1. The van der Waals surface area contributed by atoms with Crippen LogP contribution in [0.5, 0.6) is 5.75 Å². The molecule has 3 rings (SSSR count). The standard InChI is InChI=1S/C28H42N4O7/c1-27(2,3)30-12-15-10-18(31(4)5)16-8-14-9-17(19(13-33)32(6)7)28(39,20(34)11-21(29)35)26(38)22(14)25(37)23(16)24(15)36/h10,14,17,19,30,33,36,38-39H,8-9,11-13H2,1-7H3,(H2,29,35)/t14-,17-,19?,28+/m0/s1. The molecule has 2 aliphatic rings. The van der Waals surface area contributed by atoms with Crippen LogP contribution in [0.3, 0.4) is 0 Å². The number of nitrogens with one attached hydrogen (secondary N) is 1. The summed E-state index contributed by atoms with van der Waals surface area (Å²) in [6.07, 6.45) is -0.545. The number of likely N-dealkylation sites (N-methyl/N-ethyl adjacent to an activating group) is 1. The zero-order valence-electron chi connectivity index (χ0n) is 23.8. The quantitative estimate of drug-likeness (QED) is 0.241. The molecule has 7 N–H and O–H groups in total. The van der Waals surface area contributed by atoms with Crippen LogP contribution in [0.2, 0.25) is 0 Å². The number of carbonyl (C=O) groups excluding carboxylic acids is 3. The number of nitrogens with two attached hydrogens (primary N) is 1. The highest BCUT2D eigenvalue weighted by Gasteiger charge is 2.58. The predicted octanol–water partition coefficient (Wildman–Crippen LogP) is 0.631. The molecule has 1 amide bonds. The molecule has 0 saturated carbocycles. The first-order valence-corrected chi connectivity index (χ1v) is 13.0. The van der Waals surface area contributed by atoms with Crippen LogP contribution < -0.4 is 16.0 Å². The van der Waals surface area contributed by atoms with Gasteiger partial charge in [-0.3, -0.25) is 14.4 Å². The lowest BCUT2D eigenvalue weighted by molar-refractivity contribution is -0.151. The van der Waals surface area contributed by atoms with Gasteiger partial charge in [-0.25, -0.2) is 0 Å². The van der Waals surface area contributed by atoms with Gasteiger partial charge in [-0.2, -0.15) is 0 Å². The Bertz CT molecular complexity index is 1200. The molecule has 0 aliphatic heterocycles. The summed E-state index contributed by atoms with van der Waals surface area (Å²) in [4.78, 5) is 42.4. The number of amides is 1. The fourth-order valence-electron chi connectivity index (χ4n) is 5.84. The molecule has 4 atom stereocenters. The maximum Gasteiger partial charge on any atom is 0.225 e. The van der Waals surface area contributed by atoms with Crippen LogP contribution in [0.15, 0.2) is 17.4 Å². The summed E-state index contributed by atoms with van der Waals surface area (Å²) in [5.41, 5.74) is 4.01. The van der Waals surface area contributed by atoms with Gasteiger partial charge in [-0.15, -0.1) is 0 Å². The van der Waals surface area contributed by atoms with Gasteiger partial charge in [0.1, 0.15) is 11.5 Å². The van der Waals surface area contributed by atoms with E-state index in [4.69, 9.17) is 5.73 Å². The molecule has 1 aromatic carbocycles. The summed E-state index contributed by atoms with van der Waals surface area (Å²) in [6, 6.07) is 1.05. The van der Waals surface area contributed by atoms with Gasteiger partial charge in [0.05, 0.1) is 18.6 Å². The summed E-state index contributed by atoms with van der Waals surface area (Å²) in [5.74, 6) is -5.47. The number of anilines is 1. The number of hydrogen-bond acceptors (Lipinski definition) is 10. The number of Topliss-reactive ketones (excluding diaryl/α,β-unsaturated/α-hetero) is 2. The van der Waals surface area contributed by atoms with Gasteiger partial charge < -0.3 is 41.3 Å². The molecule has 0 bridgehead atoms. The van der Waals surface area contributed by atoms with Gasteiger partial charge in [0.25, 0.3) is 0 Å². The number of rotatable bonds is 9. The van der Waals surface area contributed by atoms with E-state index < -0.39 is 59.7 Å². The van der Waals surface area contributed by atoms with Crippen LogP contribution >= 0.6 is 0 Å². The summed E-state index contributed by atoms with van der Waals surface area (Å²) in [7, 11) is 6.99. The van der Waals surface area contributed by atoms with E-state index in [1.807, 2.05) is 45.8 Å². The van der Waals surface area contributed by atoms with E-state index in [9.17, 15) is 34.8 Å². The molecule has 0 aromatic heterocycles. The first-order valence-electron chi connectivity index (χ1n) is 13.0. The zero-order valence-corrected chi connectivity index (χ0v) is 23.8. The molecule has 0 radical (unpaired) electrons.